The maximum Gasteiger partial charge on any atom is 0.300 e. The summed E-state index contributed by atoms with van der Waals surface area (Å²) in [6.45, 7) is 5.81. The summed E-state index contributed by atoms with van der Waals surface area (Å²) in [5.74, 6) is -0.833. The van der Waals surface area contributed by atoms with Crippen LogP contribution in [0.15, 0.2) is 18.2 Å². The van der Waals surface area contributed by atoms with Crippen LogP contribution in [0, 0.1) is 13.8 Å². The van der Waals surface area contributed by atoms with Crippen LogP contribution < -0.4 is 5.32 Å². The van der Waals surface area contributed by atoms with Gasteiger partial charge in [-0.15, -0.1) is 0 Å². The largest absolute Gasteiger partial charge is 0.481 e. The number of carbonyl (C=O) groups excluding carboxylic acids is 1. The lowest BCUT2D eigenvalue weighted by Crippen LogP contribution is -2.10. The summed E-state index contributed by atoms with van der Waals surface area (Å²) in [7, 11) is 0. The summed E-state index contributed by atoms with van der Waals surface area (Å²) >= 11 is 0. The zero-order valence-electron chi connectivity index (χ0n) is 9.78. The Labute approximate surface area is 95.3 Å². The number of carbonyl (C=O) groups is 2. The van der Waals surface area contributed by atoms with Gasteiger partial charge in [0.05, 0.1) is 0 Å². The molecule has 1 aromatic carbocycles. The van der Waals surface area contributed by atoms with E-state index in [1.807, 2.05) is 6.07 Å². The second-order valence-corrected chi connectivity index (χ2v) is 3.45. The van der Waals surface area contributed by atoms with Gasteiger partial charge in [0.1, 0.15) is 0 Å². The van der Waals surface area contributed by atoms with E-state index in [4.69, 9.17) is 9.90 Å². The van der Waals surface area contributed by atoms with E-state index >= 15 is 0 Å². The quantitative estimate of drug-likeness (QED) is 0.765. The fourth-order valence-electron chi connectivity index (χ4n) is 1.20. The number of hydrogen-bond donors (Lipinski definition) is 2. The van der Waals surface area contributed by atoms with Crippen molar-refractivity contribution in [2.24, 2.45) is 0 Å². The van der Waals surface area contributed by atoms with Gasteiger partial charge < -0.3 is 10.4 Å². The molecule has 0 aliphatic rings. The second kappa shape index (κ2) is 7.45. The first-order chi connectivity index (χ1) is 7.47. The number of amides is 1. The van der Waals surface area contributed by atoms with Crippen molar-refractivity contribution >= 4 is 12.4 Å². The summed E-state index contributed by atoms with van der Waals surface area (Å²) in [5.41, 5.74) is 3.65. The molecule has 16 heavy (non-hydrogen) atoms. The Hall–Kier alpha value is -1.84. The third kappa shape index (κ3) is 6.59. The van der Waals surface area contributed by atoms with Crippen molar-refractivity contribution in [3.63, 3.8) is 0 Å². The van der Waals surface area contributed by atoms with Crippen LogP contribution in [0.5, 0.6) is 0 Å². The number of aliphatic carboxylic acids is 1. The SMILES string of the molecule is CC(=O)O.Cc1ccc(CNC=O)c(C)c1. The lowest BCUT2D eigenvalue weighted by molar-refractivity contribution is -0.134. The highest BCUT2D eigenvalue weighted by Gasteiger charge is 1.96. The van der Waals surface area contributed by atoms with Crippen LogP contribution in [0.2, 0.25) is 0 Å². The number of aryl methyl sites for hydroxylation is 2. The van der Waals surface area contributed by atoms with Crippen molar-refractivity contribution in [3.05, 3.63) is 34.9 Å². The zero-order chi connectivity index (χ0) is 12.6. The molecule has 0 aromatic heterocycles. The van der Waals surface area contributed by atoms with E-state index in [1.54, 1.807) is 0 Å². The van der Waals surface area contributed by atoms with Gasteiger partial charge in [-0.05, 0) is 25.0 Å². The fraction of sp³-hybridized carbons (Fsp3) is 0.333. The third-order valence-corrected chi connectivity index (χ3v) is 1.87. The molecule has 2 N–H and O–H groups in total. The van der Waals surface area contributed by atoms with Gasteiger partial charge in [0.2, 0.25) is 6.41 Å². The molecular weight excluding hydrogens is 206 g/mol. The van der Waals surface area contributed by atoms with Crippen molar-refractivity contribution in [2.75, 3.05) is 0 Å². The monoisotopic (exact) mass is 223 g/mol. The van der Waals surface area contributed by atoms with E-state index in [9.17, 15) is 4.79 Å². The van der Waals surface area contributed by atoms with Crippen LogP contribution >= 0.6 is 0 Å². The molecule has 0 atom stereocenters. The standard InChI is InChI=1S/C10H13NO.C2H4O2/c1-8-3-4-10(6-11-7-12)9(2)5-8;1-2(3)4/h3-5,7H,6H2,1-2H3,(H,11,12);1H3,(H,3,4). The first kappa shape index (κ1) is 14.2. The van der Waals surface area contributed by atoms with Gasteiger partial charge in [-0.25, -0.2) is 0 Å². The smallest absolute Gasteiger partial charge is 0.300 e. The zero-order valence-corrected chi connectivity index (χ0v) is 9.78. The molecule has 88 valence electrons. The Morgan fingerprint density at radius 3 is 2.44 bits per heavy atom. The van der Waals surface area contributed by atoms with E-state index in [1.165, 1.54) is 16.7 Å². The van der Waals surface area contributed by atoms with Crippen molar-refractivity contribution in [2.45, 2.75) is 27.3 Å². The molecule has 0 bridgehead atoms. The molecule has 1 amide bonds. The average Bonchev–Trinajstić information content (AvgIpc) is 2.15. The van der Waals surface area contributed by atoms with Gasteiger partial charge in [-0.2, -0.15) is 0 Å². The number of hydrogen-bond acceptors (Lipinski definition) is 2. The van der Waals surface area contributed by atoms with Gasteiger partial charge in [-0.1, -0.05) is 23.8 Å². The maximum absolute atomic E-state index is 10.0. The molecule has 1 rings (SSSR count). The molecule has 1 aromatic rings. The van der Waals surface area contributed by atoms with Crippen molar-refractivity contribution in [3.8, 4) is 0 Å². The molecule has 0 saturated heterocycles. The number of carboxylic acid groups (broad SMARTS) is 1. The van der Waals surface area contributed by atoms with Crippen LogP contribution in [0.4, 0.5) is 0 Å². The van der Waals surface area contributed by atoms with Crippen LogP contribution in [-0.4, -0.2) is 17.5 Å². The molecular formula is C12H17NO3. The van der Waals surface area contributed by atoms with Crippen LogP contribution in [-0.2, 0) is 16.1 Å². The number of benzene rings is 1. The Balaban J connectivity index is 0.000000487. The van der Waals surface area contributed by atoms with Crippen molar-refractivity contribution in [1.82, 2.24) is 5.32 Å². The summed E-state index contributed by atoms with van der Waals surface area (Å²) in [6.07, 6.45) is 0.722. The number of carboxylic acids is 1. The van der Waals surface area contributed by atoms with Gasteiger partial charge in [0.15, 0.2) is 0 Å². The molecule has 0 spiro atoms. The Morgan fingerprint density at radius 2 is 2.00 bits per heavy atom. The molecule has 4 nitrogen and oxygen atoms in total. The molecule has 0 aliphatic carbocycles. The summed E-state index contributed by atoms with van der Waals surface area (Å²) in [5, 5.41) is 10.1. The highest BCUT2D eigenvalue weighted by atomic mass is 16.4. The van der Waals surface area contributed by atoms with Gasteiger partial charge in [0.25, 0.3) is 5.97 Å². The molecule has 0 heterocycles. The van der Waals surface area contributed by atoms with Crippen LogP contribution in [0.3, 0.4) is 0 Å². The normalized spacial score (nSPS) is 8.69. The Kier molecular flexibility index (Phi) is 6.59. The molecule has 0 fully saturated rings. The highest BCUT2D eigenvalue weighted by molar-refractivity contribution is 5.62. The molecule has 0 aliphatic heterocycles. The van der Waals surface area contributed by atoms with Crippen LogP contribution in [0.1, 0.15) is 23.6 Å². The van der Waals surface area contributed by atoms with E-state index in [0.29, 0.717) is 6.54 Å². The predicted octanol–water partition coefficient (Wildman–Crippen LogP) is 1.64. The van der Waals surface area contributed by atoms with Crippen molar-refractivity contribution in [1.29, 1.82) is 0 Å². The summed E-state index contributed by atoms with van der Waals surface area (Å²) < 4.78 is 0. The molecule has 0 saturated carbocycles. The fourth-order valence-corrected chi connectivity index (χ4v) is 1.20. The summed E-state index contributed by atoms with van der Waals surface area (Å²) in [6, 6.07) is 6.21. The maximum atomic E-state index is 10.0. The van der Waals surface area contributed by atoms with E-state index in [2.05, 4.69) is 31.3 Å². The first-order valence-electron chi connectivity index (χ1n) is 4.90. The topological polar surface area (TPSA) is 66.4 Å². The highest BCUT2D eigenvalue weighted by Crippen LogP contribution is 2.09. The molecule has 0 unspecified atom stereocenters. The minimum absolute atomic E-state index is 0.621. The molecule has 0 radical (unpaired) electrons. The summed E-state index contributed by atoms with van der Waals surface area (Å²) in [4.78, 5) is 19.0. The van der Waals surface area contributed by atoms with Crippen molar-refractivity contribution < 1.29 is 14.7 Å². The number of nitrogens with one attached hydrogen (secondary N) is 1. The lowest BCUT2D eigenvalue weighted by atomic mass is 10.1. The number of rotatable bonds is 3. The van der Waals surface area contributed by atoms with E-state index in [0.717, 1.165) is 13.3 Å². The third-order valence-electron chi connectivity index (χ3n) is 1.87. The average molecular weight is 223 g/mol. The first-order valence-corrected chi connectivity index (χ1v) is 4.90. The molecule has 4 heteroatoms. The van der Waals surface area contributed by atoms with Gasteiger partial charge >= 0.3 is 0 Å². The Bertz CT molecular complexity index is 357. The van der Waals surface area contributed by atoms with Crippen LogP contribution in [0.25, 0.3) is 0 Å². The van der Waals surface area contributed by atoms with E-state index < -0.39 is 5.97 Å². The lowest BCUT2D eigenvalue weighted by Gasteiger charge is -2.04. The minimum atomic E-state index is -0.833. The minimum Gasteiger partial charge on any atom is -0.481 e. The van der Waals surface area contributed by atoms with Gasteiger partial charge in [-0.3, -0.25) is 9.59 Å². The van der Waals surface area contributed by atoms with Gasteiger partial charge in [0, 0.05) is 13.5 Å². The Morgan fingerprint density at radius 1 is 1.44 bits per heavy atom. The predicted molar refractivity (Wildman–Crippen MR) is 62.1 cm³/mol. The second-order valence-electron chi connectivity index (χ2n) is 3.45. The van der Waals surface area contributed by atoms with E-state index in [-0.39, 0.29) is 0 Å².